The Hall–Kier alpha value is -2.27. The molecule has 0 spiro atoms. The molecule has 0 aliphatic rings. The van der Waals surface area contributed by atoms with E-state index >= 15 is 0 Å². The van der Waals surface area contributed by atoms with Crippen LogP contribution in [0.25, 0.3) is 0 Å². The first-order valence-electron chi connectivity index (χ1n) is 5.94. The van der Waals surface area contributed by atoms with Crippen molar-refractivity contribution in [2.75, 3.05) is 5.73 Å². The number of para-hydroxylation sites is 1. The molecule has 1 atom stereocenters. The molecule has 0 bridgehead atoms. The lowest BCUT2D eigenvalue weighted by atomic mass is 9.88. The van der Waals surface area contributed by atoms with Gasteiger partial charge in [0, 0.05) is 5.69 Å². The molecule has 0 amide bonds. The van der Waals surface area contributed by atoms with Crippen molar-refractivity contribution in [1.29, 1.82) is 5.26 Å². The summed E-state index contributed by atoms with van der Waals surface area (Å²) in [5, 5.41) is 9.45. The van der Waals surface area contributed by atoms with E-state index in [1.807, 2.05) is 43.3 Å². The Balaban J connectivity index is 2.54. The molecule has 0 radical (unpaired) electrons. The zero-order chi connectivity index (χ0) is 13.1. The quantitative estimate of drug-likeness (QED) is 0.811. The van der Waals surface area contributed by atoms with Crippen LogP contribution in [0.15, 0.2) is 42.5 Å². The van der Waals surface area contributed by atoms with E-state index in [-0.39, 0.29) is 5.92 Å². The van der Waals surface area contributed by atoms with Gasteiger partial charge in [0.1, 0.15) is 0 Å². The smallest absolute Gasteiger partial charge is 0.0985 e. The SMILES string of the molecule is Cc1ccc(C(C#N)c2ccccc2N)c(C)c1. The van der Waals surface area contributed by atoms with E-state index in [9.17, 15) is 5.26 Å². The highest BCUT2D eigenvalue weighted by Crippen LogP contribution is 2.30. The molecule has 0 saturated heterocycles. The zero-order valence-electron chi connectivity index (χ0n) is 10.6. The van der Waals surface area contributed by atoms with Crippen LogP contribution in [0, 0.1) is 25.2 Å². The summed E-state index contributed by atoms with van der Waals surface area (Å²) in [5.41, 5.74) is 10.9. The summed E-state index contributed by atoms with van der Waals surface area (Å²) in [7, 11) is 0. The molecule has 0 heterocycles. The monoisotopic (exact) mass is 236 g/mol. The van der Waals surface area contributed by atoms with E-state index in [1.165, 1.54) is 5.56 Å². The van der Waals surface area contributed by atoms with Crippen molar-refractivity contribution in [3.8, 4) is 6.07 Å². The van der Waals surface area contributed by atoms with Gasteiger partial charge in [-0.3, -0.25) is 0 Å². The van der Waals surface area contributed by atoms with Gasteiger partial charge in [-0.25, -0.2) is 0 Å². The van der Waals surface area contributed by atoms with Gasteiger partial charge >= 0.3 is 0 Å². The number of nitrogens with zero attached hydrogens (tertiary/aromatic N) is 1. The summed E-state index contributed by atoms with van der Waals surface area (Å²) >= 11 is 0. The number of hydrogen-bond acceptors (Lipinski definition) is 2. The Morgan fingerprint density at radius 2 is 1.78 bits per heavy atom. The van der Waals surface area contributed by atoms with Crippen molar-refractivity contribution in [1.82, 2.24) is 0 Å². The fourth-order valence-corrected chi connectivity index (χ4v) is 2.23. The highest BCUT2D eigenvalue weighted by atomic mass is 14.6. The molecule has 0 aromatic heterocycles. The van der Waals surface area contributed by atoms with Gasteiger partial charge in [0.15, 0.2) is 0 Å². The van der Waals surface area contributed by atoms with Crippen molar-refractivity contribution in [2.45, 2.75) is 19.8 Å². The molecule has 18 heavy (non-hydrogen) atoms. The Morgan fingerprint density at radius 1 is 1.06 bits per heavy atom. The number of nitrogens with two attached hydrogens (primary N) is 1. The molecule has 0 aliphatic carbocycles. The second-order valence-corrected chi connectivity index (χ2v) is 4.55. The van der Waals surface area contributed by atoms with Crippen LogP contribution in [0.2, 0.25) is 0 Å². The fourth-order valence-electron chi connectivity index (χ4n) is 2.23. The van der Waals surface area contributed by atoms with Crippen molar-refractivity contribution in [3.05, 3.63) is 64.7 Å². The number of nitrogen functional groups attached to an aromatic ring is 1. The number of hydrogen-bond donors (Lipinski definition) is 1. The average molecular weight is 236 g/mol. The van der Waals surface area contributed by atoms with Crippen LogP contribution in [0.1, 0.15) is 28.2 Å². The molecule has 2 aromatic carbocycles. The van der Waals surface area contributed by atoms with Gasteiger partial charge in [-0.1, -0.05) is 42.0 Å². The van der Waals surface area contributed by atoms with Crippen LogP contribution in [0.5, 0.6) is 0 Å². The zero-order valence-corrected chi connectivity index (χ0v) is 10.6. The minimum atomic E-state index is -0.299. The largest absolute Gasteiger partial charge is 0.398 e. The van der Waals surface area contributed by atoms with Crippen LogP contribution in [0.4, 0.5) is 5.69 Å². The summed E-state index contributed by atoms with van der Waals surface area (Å²) in [6.45, 7) is 4.08. The van der Waals surface area contributed by atoms with Gasteiger partial charge in [-0.05, 0) is 36.6 Å². The number of nitriles is 1. The summed E-state index contributed by atoms with van der Waals surface area (Å²) < 4.78 is 0. The first kappa shape index (κ1) is 12.2. The van der Waals surface area contributed by atoms with E-state index in [1.54, 1.807) is 0 Å². The number of aryl methyl sites for hydroxylation is 2. The lowest BCUT2D eigenvalue weighted by Gasteiger charge is -2.15. The summed E-state index contributed by atoms with van der Waals surface area (Å²) in [6, 6.07) is 16.1. The van der Waals surface area contributed by atoms with E-state index in [0.29, 0.717) is 5.69 Å². The second kappa shape index (κ2) is 4.93. The second-order valence-electron chi connectivity index (χ2n) is 4.55. The highest BCUT2D eigenvalue weighted by molar-refractivity contribution is 5.55. The molecular weight excluding hydrogens is 220 g/mol. The molecule has 0 aliphatic heterocycles. The molecule has 2 rings (SSSR count). The van der Waals surface area contributed by atoms with Crippen LogP contribution in [-0.2, 0) is 0 Å². The van der Waals surface area contributed by atoms with Gasteiger partial charge in [-0.15, -0.1) is 0 Å². The van der Waals surface area contributed by atoms with Crippen molar-refractivity contribution < 1.29 is 0 Å². The van der Waals surface area contributed by atoms with Gasteiger partial charge < -0.3 is 5.73 Å². The molecule has 0 fully saturated rings. The standard InChI is InChI=1S/C16H16N2/c1-11-7-8-13(12(2)9-11)15(10-17)14-5-3-4-6-16(14)18/h3-9,15H,18H2,1-2H3. The fraction of sp³-hybridized carbons (Fsp3) is 0.188. The van der Waals surface area contributed by atoms with E-state index < -0.39 is 0 Å². The maximum atomic E-state index is 9.45. The normalized spacial score (nSPS) is 11.8. The topological polar surface area (TPSA) is 49.8 Å². The van der Waals surface area contributed by atoms with E-state index in [2.05, 4.69) is 19.1 Å². The molecule has 2 heteroatoms. The first-order chi connectivity index (χ1) is 8.63. The highest BCUT2D eigenvalue weighted by Gasteiger charge is 2.17. The minimum Gasteiger partial charge on any atom is -0.398 e. The maximum absolute atomic E-state index is 9.45. The summed E-state index contributed by atoms with van der Waals surface area (Å²) in [5.74, 6) is -0.299. The van der Waals surface area contributed by atoms with Crippen LogP contribution >= 0.6 is 0 Å². The van der Waals surface area contributed by atoms with Crippen molar-refractivity contribution >= 4 is 5.69 Å². The van der Waals surface area contributed by atoms with E-state index in [4.69, 9.17) is 5.73 Å². The molecule has 0 saturated carbocycles. The maximum Gasteiger partial charge on any atom is 0.0985 e. The van der Waals surface area contributed by atoms with E-state index in [0.717, 1.165) is 16.7 Å². The number of benzene rings is 2. The molecule has 90 valence electrons. The third kappa shape index (κ3) is 2.21. The van der Waals surface area contributed by atoms with Gasteiger partial charge in [0.25, 0.3) is 0 Å². The first-order valence-corrected chi connectivity index (χ1v) is 5.94. The molecule has 2 aromatic rings. The van der Waals surface area contributed by atoms with Crippen molar-refractivity contribution in [3.63, 3.8) is 0 Å². The Kier molecular flexibility index (Phi) is 3.34. The summed E-state index contributed by atoms with van der Waals surface area (Å²) in [6.07, 6.45) is 0. The van der Waals surface area contributed by atoms with Crippen molar-refractivity contribution in [2.24, 2.45) is 0 Å². The van der Waals surface area contributed by atoms with Crippen LogP contribution in [-0.4, -0.2) is 0 Å². The van der Waals surface area contributed by atoms with Gasteiger partial charge in [-0.2, -0.15) is 5.26 Å². The predicted molar refractivity (Wildman–Crippen MR) is 74.2 cm³/mol. The Morgan fingerprint density at radius 3 is 2.39 bits per heavy atom. The predicted octanol–water partition coefficient (Wildman–Crippen LogP) is 3.54. The van der Waals surface area contributed by atoms with Gasteiger partial charge in [0.05, 0.1) is 12.0 Å². The third-order valence-electron chi connectivity index (χ3n) is 3.17. The van der Waals surface area contributed by atoms with Gasteiger partial charge in [0.2, 0.25) is 0 Å². The summed E-state index contributed by atoms with van der Waals surface area (Å²) in [4.78, 5) is 0. The van der Waals surface area contributed by atoms with Crippen LogP contribution < -0.4 is 5.73 Å². The minimum absolute atomic E-state index is 0.299. The molecule has 2 nitrogen and oxygen atoms in total. The lowest BCUT2D eigenvalue weighted by Crippen LogP contribution is -2.04. The molecular formula is C16H16N2. The molecule has 2 N–H and O–H groups in total. The average Bonchev–Trinajstić information content (AvgIpc) is 2.34. The number of anilines is 1. The third-order valence-corrected chi connectivity index (χ3v) is 3.17. The van der Waals surface area contributed by atoms with Crippen LogP contribution in [0.3, 0.4) is 0 Å². The Bertz CT molecular complexity index is 609. The Labute approximate surface area is 108 Å². The number of rotatable bonds is 2. The molecule has 1 unspecified atom stereocenters. The lowest BCUT2D eigenvalue weighted by molar-refractivity contribution is 1.02.